The van der Waals surface area contributed by atoms with E-state index in [9.17, 15) is 0 Å². The lowest BCUT2D eigenvalue weighted by Gasteiger charge is -2.34. The van der Waals surface area contributed by atoms with Crippen molar-refractivity contribution in [1.82, 2.24) is 14.9 Å². The fraction of sp³-hybridized carbons (Fsp3) is 0.412. The molecule has 0 spiro atoms. The maximum Gasteiger partial charge on any atom is 0.231 e. The fourth-order valence-electron chi connectivity index (χ4n) is 2.99. The Morgan fingerprint density at radius 3 is 2.52 bits per heavy atom. The predicted molar refractivity (Wildman–Crippen MR) is 101 cm³/mol. The summed E-state index contributed by atoms with van der Waals surface area (Å²) >= 11 is 0. The zero-order chi connectivity index (χ0) is 15.6. The first-order valence-corrected chi connectivity index (χ1v) is 7.93. The van der Waals surface area contributed by atoms with Gasteiger partial charge in [0.25, 0.3) is 0 Å². The van der Waals surface area contributed by atoms with E-state index in [0.717, 1.165) is 55.9 Å². The van der Waals surface area contributed by atoms with Crippen molar-refractivity contribution in [3.8, 4) is 11.5 Å². The zero-order valence-electron chi connectivity index (χ0n) is 14.1. The summed E-state index contributed by atoms with van der Waals surface area (Å²) in [6.45, 7) is 7.17. The third kappa shape index (κ3) is 4.45. The Hall–Kier alpha value is -1.76. The number of benzene rings is 1. The van der Waals surface area contributed by atoms with Gasteiger partial charge in [-0.1, -0.05) is 6.07 Å². The molecule has 0 amide bonds. The van der Waals surface area contributed by atoms with Crippen LogP contribution in [0.1, 0.15) is 11.3 Å². The summed E-state index contributed by atoms with van der Waals surface area (Å²) in [7, 11) is 0. The van der Waals surface area contributed by atoms with E-state index in [1.54, 1.807) is 0 Å². The number of ether oxygens (including phenoxy) is 2. The van der Waals surface area contributed by atoms with Crippen molar-refractivity contribution < 1.29 is 9.47 Å². The summed E-state index contributed by atoms with van der Waals surface area (Å²) in [5.74, 6) is 2.54. The monoisotopic (exact) mass is 384 g/mol. The number of rotatable bonds is 3. The van der Waals surface area contributed by atoms with E-state index in [0.29, 0.717) is 6.79 Å². The largest absolute Gasteiger partial charge is 0.454 e. The molecule has 1 saturated heterocycles. The molecule has 1 aromatic carbocycles. The highest BCUT2D eigenvalue weighted by Crippen LogP contribution is 2.32. The molecule has 0 atom stereocenters. The van der Waals surface area contributed by atoms with Crippen LogP contribution < -0.4 is 14.4 Å². The second kappa shape index (κ2) is 8.56. The van der Waals surface area contributed by atoms with Crippen LogP contribution in [0, 0.1) is 6.92 Å². The van der Waals surface area contributed by atoms with Gasteiger partial charge in [0.2, 0.25) is 12.7 Å². The summed E-state index contributed by atoms with van der Waals surface area (Å²) in [5, 5.41) is 0. The number of anilines is 1. The molecule has 0 radical (unpaired) electrons. The van der Waals surface area contributed by atoms with Gasteiger partial charge in [0.1, 0.15) is 0 Å². The number of piperazine rings is 1. The van der Waals surface area contributed by atoms with Gasteiger partial charge in [-0.05, 0) is 30.7 Å². The average molecular weight is 385 g/mol. The molecule has 6 nitrogen and oxygen atoms in total. The van der Waals surface area contributed by atoms with Gasteiger partial charge in [0, 0.05) is 44.6 Å². The lowest BCUT2D eigenvalue weighted by molar-refractivity contribution is 0.174. The van der Waals surface area contributed by atoms with Crippen LogP contribution >= 0.6 is 24.8 Å². The van der Waals surface area contributed by atoms with E-state index in [1.807, 2.05) is 25.3 Å². The highest BCUT2D eigenvalue weighted by atomic mass is 35.5. The molecule has 0 bridgehead atoms. The SMILES string of the molecule is Cc1ccnc(N2CCN(Cc3ccc4c(c3)OCO4)CC2)n1.Cl.Cl. The Kier molecular flexibility index (Phi) is 6.70. The maximum absolute atomic E-state index is 5.45. The highest BCUT2D eigenvalue weighted by Gasteiger charge is 2.20. The first kappa shape index (κ1) is 19.6. The molecule has 0 saturated carbocycles. The molecular formula is C17H22Cl2N4O2. The molecule has 1 aromatic heterocycles. The van der Waals surface area contributed by atoms with Crippen molar-refractivity contribution in [2.24, 2.45) is 0 Å². The van der Waals surface area contributed by atoms with Gasteiger partial charge in [-0.3, -0.25) is 4.90 Å². The lowest BCUT2D eigenvalue weighted by Crippen LogP contribution is -2.46. The average Bonchev–Trinajstić information content (AvgIpc) is 3.03. The van der Waals surface area contributed by atoms with Crippen molar-refractivity contribution >= 4 is 30.8 Å². The third-order valence-electron chi connectivity index (χ3n) is 4.28. The van der Waals surface area contributed by atoms with Gasteiger partial charge in [-0.25, -0.2) is 9.97 Å². The molecule has 3 heterocycles. The quantitative estimate of drug-likeness (QED) is 0.810. The number of halogens is 2. The van der Waals surface area contributed by atoms with Crippen LogP contribution in [-0.4, -0.2) is 47.8 Å². The third-order valence-corrected chi connectivity index (χ3v) is 4.28. The molecule has 1 fully saturated rings. The van der Waals surface area contributed by atoms with E-state index in [-0.39, 0.29) is 24.8 Å². The molecule has 2 aliphatic rings. The van der Waals surface area contributed by atoms with E-state index in [1.165, 1.54) is 5.56 Å². The van der Waals surface area contributed by atoms with Crippen molar-refractivity contribution in [3.63, 3.8) is 0 Å². The van der Waals surface area contributed by atoms with Crippen LogP contribution in [0.15, 0.2) is 30.5 Å². The molecular weight excluding hydrogens is 363 g/mol. The van der Waals surface area contributed by atoms with E-state index in [2.05, 4.69) is 31.9 Å². The number of fused-ring (bicyclic) bond motifs is 1. The minimum absolute atomic E-state index is 0. The molecule has 8 heteroatoms. The van der Waals surface area contributed by atoms with Gasteiger partial charge >= 0.3 is 0 Å². The van der Waals surface area contributed by atoms with Gasteiger partial charge in [-0.15, -0.1) is 24.8 Å². The summed E-state index contributed by atoms with van der Waals surface area (Å²) in [4.78, 5) is 13.6. The Morgan fingerprint density at radius 1 is 1.00 bits per heavy atom. The zero-order valence-corrected chi connectivity index (χ0v) is 15.7. The van der Waals surface area contributed by atoms with Gasteiger partial charge in [-0.2, -0.15) is 0 Å². The second-order valence-electron chi connectivity index (χ2n) is 5.95. The summed E-state index contributed by atoms with van der Waals surface area (Å²) in [6, 6.07) is 8.12. The van der Waals surface area contributed by atoms with Crippen LogP contribution in [0.3, 0.4) is 0 Å². The van der Waals surface area contributed by atoms with Crippen LogP contribution in [0.25, 0.3) is 0 Å². The smallest absolute Gasteiger partial charge is 0.231 e. The van der Waals surface area contributed by atoms with Crippen molar-refractivity contribution in [2.45, 2.75) is 13.5 Å². The van der Waals surface area contributed by atoms with Gasteiger partial charge in [0.05, 0.1) is 0 Å². The van der Waals surface area contributed by atoms with E-state index < -0.39 is 0 Å². The molecule has 2 aromatic rings. The Balaban J connectivity index is 0.00000113. The van der Waals surface area contributed by atoms with Gasteiger partial charge in [0.15, 0.2) is 11.5 Å². The van der Waals surface area contributed by atoms with Crippen molar-refractivity contribution in [3.05, 3.63) is 41.7 Å². The van der Waals surface area contributed by atoms with Gasteiger partial charge < -0.3 is 14.4 Å². The van der Waals surface area contributed by atoms with Crippen LogP contribution in [0.2, 0.25) is 0 Å². The Bertz CT molecular complexity index is 709. The van der Waals surface area contributed by atoms with Crippen molar-refractivity contribution in [1.29, 1.82) is 0 Å². The molecule has 0 unspecified atom stereocenters. The normalized spacial score (nSPS) is 16.1. The number of aryl methyl sites for hydroxylation is 1. The first-order valence-electron chi connectivity index (χ1n) is 7.93. The predicted octanol–water partition coefficient (Wildman–Crippen LogP) is 2.68. The second-order valence-corrected chi connectivity index (χ2v) is 5.95. The van der Waals surface area contributed by atoms with Crippen molar-refractivity contribution in [2.75, 3.05) is 37.9 Å². The maximum atomic E-state index is 5.45. The molecule has 136 valence electrons. The minimum atomic E-state index is 0. The summed E-state index contributed by atoms with van der Waals surface area (Å²) in [5.41, 5.74) is 2.27. The minimum Gasteiger partial charge on any atom is -0.454 e. The number of hydrogen-bond donors (Lipinski definition) is 0. The highest BCUT2D eigenvalue weighted by molar-refractivity contribution is 5.85. The summed E-state index contributed by atoms with van der Waals surface area (Å²) in [6.07, 6.45) is 1.83. The molecule has 0 N–H and O–H groups in total. The molecule has 25 heavy (non-hydrogen) atoms. The Morgan fingerprint density at radius 2 is 1.76 bits per heavy atom. The van der Waals surface area contributed by atoms with E-state index in [4.69, 9.17) is 9.47 Å². The topological polar surface area (TPSA) is 50.7 Å². The summed E-state index contributed by atoms with van der Waals surface area (Å²) < 4.78 is 10.8. The van der Waals surface area contributed by atoms with Crippen LogP contribution in [0.5, 0.6) is 11.5 Å². The van der Waals surface area contributed by atoms with E-state index >= 15 is 0 Å². The fourth-order valence-corrected chi connectivity index (χ4v) is 2.99. The standard InChI is InChI=1S/C17H20N4O2.2ClH/c1-13-4-5-18-17(19-13)21-8-6-20(7-9-21)11-14-2-3-15-16(10-14)23-12-22-15;;/h2-5,10H,6-9,11-12H2,1H3;2*1H. The number of hydrogen-bond acceptors (Lipinski definition) is 6. The molecule has 2 aliphatic heterocycles. The first-order chi connectivity index (χ1) is 11.3. The van der Waals surface area contributed by atoms with Crippen LogP contribution in [-0.2, 0) is 6.54 Å². The Labute approximate surface area is 160 Å². The number of nitrogens with zero attached hydrogens (tertiary/aromatic N) is 4. The lowest BCUT2D eigenvalue weighted by atomic mass is 10.1. The molecule has 0 aliphatic carbocycles. The number of aromatic nitrogens is 2. The molecule has 4 rings (SSSR count). The van der Waals surface area contributed by atoms with Crippen LogP contribution in [0.4, 0.5) is 5.95 Å².